The molecule has 8 heteroatoms. The molecule has 32 heavy (non-hydrogen) atoms. The molecule has 3 aromatic heterocycles. The Bertz CT molecular complexity index is 1080. The number of hydrogen-bond acceptors (Lipinski definition) is 6. The molecule has 2 saturated heterocycles. The molecule has 0 unspecified atom stereocenters. The predicted octanol–water partition coefficient (Wildman–Crippen LogP) is 2.67. The molecule has 1 atom stereocenters. The average molecular weight is 436 g/mol. The molecule has 0 N–H and O–H groups in total. The van der Waals surface area contributed by atoms with Crippen LogP contribution < -0.4 is 4.90 Å². The van der Waals surface area contributed by atoms with Gasteiger partial charge in [0.1, 0.15) is 11.5 Å². The van der Waals surface area contributed by atoms with E-state index in [9.17, 15) is 4.79 Å². The highest BCUT2D eigenvalue weighted by molar-refractivity contribution is 5.91. The number of ether oxygens (including phenoxy) is 1. The lowest BCUT2D eigenvalue weighted by molar-refractivity contribution is 0.0433. The minimum Gasteiger partial charge on any atom is -0.459 e. The molecule has 0 bridgehead atoms. The van der Waals surface area contributed by atoms with E-state index in [1.54, 1.807) is 18.4 Å². The minimum atomic E-state index is -0.0381. The summed E-state index contributed by atoms with van der Waals surface area (Å²) in [6.45, 7) is 6.55. The van der Waals surface area contributed by atoms with E-state index in [4.69, 9.17) is 14.1 Å². The Morgan fingerprint density at radius 2 is 1.94 bits per heavy atom. The molecule has 1 aliphatic carbocycles. The highest BCUT2D eigenvalue weighted by atomic mass is 16.5. The van der Waals surface area contributed by atoms with Gasteiger partial charge in [-0.15, -0.1) is 0 Å². The maximum atomic E-state index is 13.0. The van der Waals surface area contributed by atoms with Gasteiger partial charge in [0.05, 0.1) is 31.2 Å². The first-order chi connectivity index (χ1) is 15.8. The van der Waals surface area contributed by atoms with E-state index in [1.165, 1.54) is 12.8 Å². The molecule has 2 aliphatic heterocycles. The van der Waals surface area contributed by atoms with Crippen LogP contribution in [0.4, 0.5) is 5.82 Å². The van der Waals surface area contributed by atoms with Crippen molar-refractivity contribution < 1.29 is 13.9 Å². The third-order valence-electron chi connectivity index (χ3n) is 6.87. The zero-order chi connectivity index (χ0) is 21.5. The van der Waals surface area contributed by atoms with Gasteiger partial charge < -0.3 is 19.0 Å². The van der Waals surface area contributed by atoms with E-state index >= 15 is 0 Å². The molecule has 8 nitrogen and oxygen atoms in total. The molecule has 168 valence electrons. The van der Waals surface area contributed by atoms with Crippen molar-refractivity contribution in [2.45, 2.75) is 18.9 Å². The van der Waals surface area contributed by atoms with Gasteiger partial charge in [0.15, 0.2) is 5.76 Å². The first-order valence-corrected chi connectivity index (χ1v) is 11.6. The lowest BCUT2D eigenvalue weighted by Crippen LogP contribution is -2.51. The van der Waals surface area contributed by atoms with Crippen LogP contribution in [0.15, 0.2) is 47.2 Å². The number of furan rings is 1. The Morgan fingerprint density at radius 1 is 1.06 bits per heavy atom. The van der Waals surface area contributed by atoms with Crippen molar-refractivity contribution in [2.75, 3.05) is 57.4 Å². The first-order valence-electron chi connectivity index (χ1n) is 11.6. The van der Waals surface area contributed by atoms with Crippen molar-refractivity contribution in [3.63, 3.8) is 0 Å². The molecule has 1 amide bonds. The number of fused-ring (bicyclic) bond motifs is 1. The van der Waals surface area contributed by atoms with Crippen LogP contribution in [0, 0.1) is 5.92 Å². The molecular weight excluding hydrogens is 406 g/mol. The number of anilines is 1. The number of carbonyl (C=O) groups excluding carboxylic acids is 1. The van der Waals surface area contributed by atoms with E-state index in [-0.39, 0.29) is 11.9 Å². The summed E-state index contributed by atoms with van der Waals surface area (Å²) in [7, 11) is 0. The highest BCUT2D eigenvalue weighted by Gasteiger charge is 2.36. The topological polar surface area (TPSA) is 66.5 Å². The number of nitrogens with zero attached hydrogens (tertiary/aromatic N) is 5. The number of aromatic nitrogens is 2. The molecule has 0 radical (unpaired) electrons. The van der Waals surface area contributed by atoms with E-state index in [1.807, 2.05) is 4.90 Å². The molecule has 6 rings (SSSR count). The molecule has 3 fully saturated rings. The van der Waals surface area contributed by atoms with Crippen molar-refractivity contribution in [1.29, 1.82) is 0 Å². The summed E-state index contributed by atoms with van der Waals surface area (Å²) in [5.41, 5.74) is 1.98. The van der Waals surface area contributed by atoms with Gasteiger partial charge in [-0.2, -0.15) is 0 Å². The Labute approximate surface area is 187 Å². The fourth-order valence-corrected chi connectivity index (χ4v) is 4.92. The van der Waals surface area contributed by atoms with Gasteiger partial charge in [0, 0.05) is 45.5 Å². The number of carbonyl (C=O) groups is 1. The third-order valence-corrected chi connectivity index (χ3v) is 6.87. The van der Waals surface area contributed by atoms with Crippen LogP contribution in [0.5, 0.6) is 0 Å². The van der Waals surface area contributed by atoms with E-state index < -0.39 is 0 Å². The second kappa shape index (κ2) is 8.26. The number of hydrogen-bond donors (Lipinski definition) is 0. The number of piperazine rings is 1. The molecule has 5 heterocycles. The third kappa shape index (κ3) is 3.78. The van der Waals surface area contributed by atoms with Gasteiger partial charge in [-0.1, -0.05) is 6.07 Å². The summed E-state index contributed by atoms with van der Waals surface area (Å²) in [4.78, 5) is 24.8. The Morgan fingerprint density at radius 3 is 2.72 bits per heavy atom. The zero-order valence-electron chi connectivity index (χ0n) is 18.2. The molecular formula is C24H29N5O3. The summed E-state index contributed by atoms with van der Waals surface area (Å²) in [6.07, 6.45) is 6.35. The van der Waals surface area contributed by atoms with Gasteiger partial charge in [0.2, 0.25) is 0 Å². The first kappa shape index (κ1) is 19.8. The Balaban J connectivity index is 1.32. The maximum Gasteiger partial charge on any atom is 0.289 e. The van der Waals surface area contributed by atoms with Crippen LogP contribution in [0.2, 0.25) is 0 Å². The van der Waals surface area contributed by atoms with Crippen molar-refractivity contribution in [1.82, 2.24) is 19.2 Å². The Kier molecular flexibility index (Phi) is 5.11. The summed E-state index contributed by atoms with van der Waals surface area (Å²) >= 11 is 0. The van der Waals surface area contributed by atoms with Crippen molar-refractivity contribution in [3.05, 3.63) is 54.2 Å². The smallest absolute Gasteiger partial charge is 0.289 e. The number of imidazole rings is 1. The predicted molar refractivity (Wildman–Crippen MR) is 120 cm³/mol. The lowest BCUT2D eigenvalue weighted by atomic mass is 10.1. The average Bonchev–Trinajstić information content (AvgIpc) is 3.30. The van der Waals surface area contributed by atoms with Gasteiger partial charge in [-0.05, 0) is 43.0 Å². The standard InChI is InChI=1S/C24H29N5O3/c30-24(21-3-2-12-32-21)28-9-8-27(15-18-6-7-18)20(17-28)19-16-29-22(25-19)4-1-5-23(29)26-10-13-31-14-11-26/h1-5,12,16,18,20H,6-11,13-15,17H2/t20-/m1/s1. The van der Waals surface area contributed by atoms with Crippen LogP contribution >= 0.6 is 0 Å². The molecule has 0 spiro atoms. The van der Waals surface area contributed by atoms with Crippen LogP contribution in [0.3, 0.4) is 0 Å². The lowest BCUT2D eigenvalue weighted by Gasteiger charge is -2.40. The van der Waals surface area contributed by atoms with Crippen LogP contribution in [-0.4, -0.2) is 77.6 Å². The summed E-state index contributed by atoms with van der Waals surface area (Å²) < 4.78 is 13.1. The second-order valence-corrected chi connectivity index (χ2v) is 9.06. The number of pyridine rings is 1. The molecule has 0 aromatic carbocycles. The van der Waals surface area contributed by atoms with E-state index in [0.29, 0.717) is 12.3 Å². The fraction of sp³-hybridized carbons (Fsp3) is 0.500. The fourth-order valence-electron chi connectivity index (χ4n) is 4.92. The SMILES string of the molecule is O=C(c1ccco1)N1CCN(CC2CC2)[C@@H](c2cn3c(N4CCOCC4)cccc3n2)C1. The van der Waals surface area contributed by atoms with Crippen molar-refractivity contribution >= 4 is 17.4 Å². The number of rotatable bonds is 5. The molecule has 3 aliphatic rings. The van der Waals surface area contributed by atoms with Gasteiger partial charge in [-0.3, -0.25) is 14.1 Å². The molecule has 1 saturated carbocycles. The van der Waals surface area contributed by atoms with Crippen molar-refractivity contribution in [3.8, 4) is 0 Å². The van der Waals surface area contributed by atoms with Gasteiger partial charge >= 0.3 is 0 Å². The summed E-state index contributed by atoms with van der Waals surface area (Å²) in [5, 5.41) is 0. The normalized spacial score (nSPS) is 22.6. The van der Waals surface area contributed by atoms with Crippen LogP contribution in [0.1, 0.15) is 35.1 Å². The second-order valence-electron chi connectivity index (χ2n) is 9.06. The molecule has 3 aromatic rings. The van der Waals surface area contributed by atoms with E-state index in [0.717, 1.165) is 69.0 Å². The summed E-state index contributed by atoms with van der Waals surface area (Å²) in [6, 6.07) is 9.89. The van der Waals surface area contributed by atoms with Crippen LogP contribution in [0.25, 0.3) is 5.65 Å². The largest absolute Gasteiger partial charge is 0.459 e. The van der Waals surface area contributed by atoms with Gasteiger partial charge in [-0.25, -0.2) is 4.98 Å². The number of morpholine rings is 1. The van der Waals surface area contributed by atoms with Gasteiger partial charge in [0.25, 0.3) is 5.91 Å². The quantitative estimate of drug-likeness (QED) is 0.614. The number of amides is 1. The monoisotopic (exact) mass is 435 g/mol. The highest BCUT2D eigenvalue weighted by Crippen LogP contribution is 2.35. The maximum absolute atomic E-state index is 13.0. The minimum absolute atomic E-state index is 0.0381. The zero-order valence-corrected chi connectivity index (χ0v) is 18.2. The van der Waals surface area contributed by atoms with E-state index in [2.05, 4.69) is 38.6 Å². The van der Waals surface area contributed by atoms with Crippen LogP contribution in [-0.2, 0) is 4.74 Å². The summed E-state index contributed by atoms with van der Waals surface area (Å²) in [5.74, 6) is 2.30. The van der Waals surface area contributed by atoms with Crippen molar-refractivity contribution in [2.24, 2.45) is 5.92 Å². The Hall–Kier alpha value is -2.84.